The molecule has 2 aromatic rings. The van der Waals surface area contributed by atoms with Crippen LogP contribution < -0.4 is 9.47 Å². The molecule has 0 aliphatic rings. The van der Waals surface area contributed by atoms with Crippen LogP contribution in [0.1, 0.15) is 91.9 Å². The van der Waals surface area contributed by atoms with Gasteiger partial charge in [-0.1, -0.05) is 69.7 Å². The normalized spacial score (nSPS) is 12.4. The SMILES string of the molecule is CCO[Si](CCCOc1ccc(-c2ccc(OCCCCCCCCCCOCC(CC)OC)cc2)cc1)(OCC)OCC. The van der Waals surface area contributed by atoms with Gasteiger partial charge in [0.25, 0.3) is 0 Å². The molecule has 0 spiro atoms. The fourth-order valence-electron chi connectivity index (χ4n) is 5.09. The summed E-state index contributed by atoms with van der Waals surface area (Å²) in [5, 5.41) is 0. The number of methoxy groups -OCH3 is 1. The van der Waals surface area contributed by atoms with Crippen LogP contribution in [0.5, 0.6) is 11.5 Å². The van der Waals surface area contributed by atoms with Crippen molar-refractivity contribution in [3.63, 3.8) is 0 Å². The largest absolute Gasteiger partial charge is 0.501 e. The molecule has 0 radical (unpaired) electrons. The van der Waals surface area contributed by atoms with Crippen molar-refractivity contribution in [2.24, 2.45) is 0 Å². The van der Waals surface area contributed by atoms with Gasteiger partial charge in [0.05, 0.1) is 25.9 Å². The van der Waals surface area contributed by atoms with Crippen molar-refractivity contribution in [1.29, 1.82) is 0 Å². The van der Waals surface area contributed by atoms with Gasteiger partial charge >= 0.3 is 8.80 Å². The monoisotopic (exact) mass is 632 g/mol. The molecule has 8 heteroatoms. The van der Waals surface area contributed by atoms with E-state index in [1.165, 1.54) is 38.5 Å². The summed E-state index contributed by atoms with van der Waals surface area (Å²) >= 11 is 0. The van der Waals surface area contributed by atoms with Crippen molar-refractivity contribution in [3.8, 4) is 22.6 Å². The minimum Gasteiger partial charge on any atom is -0.494 e. The Labute approximate surface area is 269 Å². The van der Waals surface area contributed by atoms with Gasteiger partial charge in [-0.3, -0.25) is 0 Å². The van der Waals surface area contributed by atoms with Gasteiger partial charge in [0, 0.05) is 39.6 Å². The summed E-state index contributed by atoms with van der Waals surface area (Å²) in [4.78, 5) is 0. The van der Waals surface area contributed by atoms with Gasteiger partial charge in [-0.2, -0.15) is 0 Å². The minimum absolute atomic E-state index is 0.238. The summed E-state index contributed by atoms with van der Waals surface area (Å²) in [6.07, 6.45) is 12.0. The molecule has 0 bridgehead atoms. The Morgan fingerprint density at radius 1 is 0.545 bits per heavy atom. The van der Waals surface area contributed by atoms with Crippen LogP contribution in [0.15, 0.2) is 48.5 Å². The van der Waals surface area contributed by atoms with Crippen molar-refractivity contribution < 1.29 is 32.2 Å². The minimum atomic E-state index is -2.62. The third-order valence-corrected chi connectivity index (χ3v) is 10.7. The summed E-state index contributed by atoms with van der Waals surface area (Å²) < 4.78 is 40.8. The van der Waals surface area contributed by atoms with Gasteiger partial charge in [-0.25, -0.2) is 0 Å². The van der Waals surface area contributed by atoms with Crippen LogP contribution in [0.3, 0.4) is 0 Å². The quantitative estimate of drug-likeness (QED) is 0.0685. The summed E-state index contributed by atoms with van der Waals surface area (Å²) in [5.74, 6) is 1.79. The van der Waals surface area contributed by atoms with Gasteiger partial charge in [0.15, 0.2) is 0 Å². The van der Waals surface area contributed by atoms with Crippen molar-refractivity contribution in [2.75, 3.05) is 53.4 Å². The van der Waals surface area contributed by atoms with Crippen LogP contribution in [0.2, 0.25) is 6.04 Å². The number of benzene rings is 2. The fraction of sp³-hybridized carbons (Fsp3) is 0.667. The van der Waals surface area contributed by atoms with Gasteiger partial charge in [-0.05, 0) is 81.8 Å². The van der Waals surface area contributed by atoms with E-state index < -0.39 is 8.80 Å². The van der Waals surface area contributed by atoms with E-state index in [0.29, 0.717) is 33.0 Å². The molecule has 0 saturated carbocycles. The van der Waals surface area contributed by atoms with E-state index in [2.05, 4.69) is 43.3 Å². The molecule has 0 fully saturated rings. The van der Waals surface area contributed by atoms with Gasteiger partial charge < -0.3 is 32.2 Å². The maximum absolute atomic E-state index is 6.00. The first-order valence-electron chi connectivity index (χ1n) is 17.1. The number of rotatable bonds is 28. The highest BCUT2D eigenvalue weighted by Crippen LogP contribution is 2.25. The van der Waals surface area contributed by atoms with E-state index in [-0.39, 0.29) is 6.10 Å². The lowest BCUT2D eigenvalue weighted by atomic mass is 10.1. The van der Waals surface area contributed by atoms with Crippen LogP contribution in [-0.2, 0) is 22.8 Å². The molecule has 2 rings (SSSR count). The average Bonchev–Trinajstić information content (AvgIpc) is 3.04. The number of unbranched alkanes of at least 4 members (excludes halogenated alkanes) is 7. The van der Waals surface area contributed by atoms with E-state index in [1.807, 2.05) is 32.9 Å². The Bertz CT molecular complexity index is 917. The van der Waals surface area contributed by atoms with Crippen molar-refractivity contribution >= 4 is 8.80 Å². The van der Waals surface area contributed by atoms with Crippen LogP contribution in [0.4, 0.5) is 0 Å². The summed E-state index contributed by atoms with van der Waals surface area (Å²) in [6, 6.07) is 17.4. The Kier molecular flexibility index (Phi) is 21.1. The zero-order valence-corrected chi connectivity index (χ0v) is 29.3. The van der Waals surface area contributed by atoms with Crippen LogP contribution in [0, 0.1) is 0 Å². The molecular weight excluding hydrogens is 572 g/mol. The predicted octanol–water partition coefficient (Wildman–Crippen LogP) is 9.11. The van der Waals surface area contributed by atoms with Crippen molar-refractivity contribution in [2.45, 2.75) is 104 Å². The first-order chi connectivity index (χ1) is 21.6. The molecule has 44 heavy (non-hydrogen) atoms. The highest BCUT2D eigenvalue weighted by Gasteiger charge is 2.39. The second-order valence-electron chi connectivity index (χ2n) is 11.0. The molecule has 0 heterocycles. The number of ether oxygens (including phenoxy) is 4. The highest BCUT2D eigenvalue weighted by molar-refractivity contribution is 6.60. The van der Waals surface area contributed by atoms with Crippen molar-refractivity contribution in [1.82, 2.24) is 0 Å². The average molecular weight is 633 g/mol. The van der Waals surface area contributed by atoms with Gasteiger partial charge in [-0.15, -0.1) is 0 Å². The Morgan fingerprint density at radius 2 is 0.977 bits per heavy atom. The second kappa shape index (κ2) is 24.3. The number of hydrogen-bond acceptors (Lipinski definition) is 7. The standard InChI is InChI=1S/C36H60O7Si/c1-6-34(37-5)31-38-27-16-14-12-10-11-13-15-17-28-39-35-23-19-32(20-24-35)33-21-25-36(26-22-33)40-29-18-30-44(41-7-2,42-8-3)43-9-4/h19-26,34H,6-18,27-31H2,1-5H3. The molecule has 0 amide bonds. The molecule has 1 unspecified atom stereocenters. The molecule has 250 valence electrons. The molecule has 0 aliphatic heterocycles. The maximum atomic E-state index is 6.00. The molecule has 2 aromatic carbocycles. The van der Waals surface area contributed by atoms with E-state index >= 15 is 0 Å². The lowest BCUT2D eigenvalue weighted by Crippen LogP contribution is -2.46. The number of hydrogen-bond donors (Lipinski definition) is 0. The fourth-order valence-corrected chi connectivity index (χ4v) is 7.67. The summed E-state index contributed by atoms with van der Waals surface area (Å²) in [5.41, 5.74) is 2.32. The first kappa shape index (κ1) is 38.2. The summed E-state index contributed by atoms with van der Waals surface area (Å²) in [7, 11) is -0.861. The Hall–Kier alpha value is -1.94. The van der Waals surface area contributed by atoms with Crippen LogP contribution in [0.25, 0.3) is 11.1 Å². The third-order valence-electron chi connectivity index (χ3n) is 7.57. The van der Waals surface area contributed by atoms with Gasteiger partial charge in [0.1, 0.15) is 11.5 Å². The molecular formula is C36H60O7Si. The van der Waals surface area contributed by atoms with E-state index in [1.54, 1.807) is 7.11 Å². The second-order valence-corrected chi connectivity index (χ2v) is 13.7. The summed E-state index contributed by atoms with van der Waals surface area (Å²) in [6.45, 7) is 12.8. The highest BCUT2D eigenvalue weighted by atomic mass is 28.4. The van der Waals surface area contributed by atoms with Crippen LogP contribution >= 0.6 is 0 Å². The van der Waals surface area contributed by atoms with E-state index in [0.717, 1.165) is 67.6 Å². The zero-order chi connectivity index (χ0) is 31.7. The topological polar surface area (TPSA) is 64.6 Å². The van der Waals surface area contributed by atoms with Crippen LogP contribution in [-0.4, -0.2) is 68.3 Å². The van der Waals surface area contributed by atoms with Gasteiger partial charge in [0.2, 0.25) is 0 Å². The molecule has 7 nitrogen and oxygen atoms in total. The third kappa shape index (κ3) is 15.9. The van der Waals surface area contributed by atoms with E-state index in [4.69, 9.17) is 32.2 Å². The molecule has 0 saturated heterocycles. The maximum Gasteiger partial charge on any atom is 0.501 e. The molecule has 0 aliphatic carbocycles. The smallest absolute Gasteiger partial charge is 0.494 e. The lowest BCUT2D eigenvalue weighted by molar-refractivity contribution is 0.00584. The molecule has 0 aromatic heterocycles. The Balaban J connectivity index is 1.56. The first-order valence-corrected chi connectivity index (χ1v) is 19.0. The van der Waals surface area contributed by atoms with Crippen molar-refractivity contribution in [3.05, 3.63) is 48.5 Å². The molecule has 1 atom stereocenters. The Morgan fingerprint density at radius 3 is 1.41 bits per heavy atom. The predicted molar refractivity (Wildman–Crippen MR) is 182 cm³/mol. The van der Waals surface area contributed by atoms with E-state index in [9.17, 15) is 0 Å². The molecule has 0 N–H and O–H groups in total. The zero-order valence-electron chi connectivity index (χ0n) is 28.3. The lowest BCUT2D eigenvalue weighted by Gasteiger charge is -2.28.